The molecule has 0 aromatic heterocycles. The van der Waals surface area contributed by atoms with Crippen molar-refractivity contribution in [1.29, 1.82) is 0 Å². The number of morpholine rings is 1. The first-order chi connectivity index (χ1) is 13.1. The molecule has 1 amide bonds. The number of ether oxygens (including phenoxy) is 1. The van der Waals surface area contributed by atoms with Crippen LogP contribution in [0.1, 0.15) is 32.7 Å². The Morgan fingerprint density at radius 1 is 1.00 bits per heavy atom. The molecule has 5 nitrogen and oxygen atoms in total. The molecule has 1 saturated heterocycles. The third-order valence-corrected chi connectivity index (χ3v) is 4.56. The number of carbonyl (C=O) groups is 2. The van der Waals surface area contributed by atoms with Crippen molar-refractivity contribution in [2.45, 2.75) is 6.42 Å². The third kappa shape index (κ3) is 5.21. The summed E-state index contributed by atoms with van der Waals surface area (Å²) in [4.78, 5) is 27.6. The summed E-state index contributed by atoms with van der Waals surface area (Å²) >= 11 is 0. The lowest BCUT2D eigenvalue weighted by Crippen LogP contribution is -2.38. The van der Waals surface area contributed by atoms with Crippen LogP contribution in [0.5, 0.6) is 0 Å². The van der Waals surface area contributed by atoms with Crippen molar-refractivity contribution in [2.75, 3.05) is 39.4 Å². The SMILES string of the molecule is O=C(NCCCN1CCOCC1)c1ccccc1C(=O)c1ccc(F)cc1. The second kappa shape index (κ2) is 9.39. The lowest BCUT2D eigenvalue weighted by Gasteiger charge is -2.26. The van der Waals surface area contributed by atoms with Gasteiger partial charge in [-0.1, -0.05) is 18.2 Å². The van der Waals surface area contributed by atoms with E-state index in [-0.39, 0.29) is 11.7 Å². The van der Waals surface area contributed by atoms with Gasteiger partial charge in [-0.3, -0.25) is 14.5 Å². The van der Waals surface area contributed by atoms with Crippen LogP contribution in [0.2, 0.25) is 0 Å². The van der Waals surface area contributed by atoms with E-state index in [4.69, 9.17) is 4.74 Å². The Balaban J connectivity index is 1.59. The maximum absolute atomic E-state index is 13.1. The average molecular weight is 370 g/mol. The summed E-state index contributed by atoms with van der Waals surface area (Å²) in [6, 6.07) is 12.0. The van der Waals surface area contributed by atoms with E-state index in [2.05, 4.69) is 10.2 Å². The highest BCUT2D eigenvalue weighted by atomic mass is 19.1. The molecule has 3 rings (SSSR count). The fourth-order valence-electron chi connectivity index (χ4n) is 3.06. The first-order valence-electron chi connectivity index (χ1n) is 9.13. The van der Waals surface area contributed by atoms with Crippen LogP contribution in [0.15, 0.2) is 48.5 Å². The van der Waals surface area contributed by atoms with Crippen LogP contribution in [-0.4, -0.2) is 56.0 Å². The predicted octanol–water partition coefficient (Wildman–Crippen LogP) is 2.51. The lowest BCUT2D eigenvalue weighted by molar-refractivity contribution is 0.0374. The van der Waals surface area contributed by atoms with E-state index in [0.29, 0.717) is 23.2 Å². The number of nitrogens with zero attached hydrogens (tertiary/aromatic N) is 1. The van der Waals surface area contributed by atoms with Crippen molar-refractivity contribution in [2.24, 2.45) is 0 Å². The Morgan fingerprint density at radius 2 is 1.67 bits per heavy atom. The molecule has 27 heavy (non-hydrogen) atoms. The fraction of sp³-hybridized carbons (Fsp3) is 0.333. The molecule has 1 heterocycles. The normalized spacial score (nSPS) is 14.7. The minimum Gasteiger partial charge on any atom is -0.379 e. The Morgan fingerprint density at radius 3 is 2.37 bits per heavy atom. The van der Waals surface area contributed by atoms with Gasteiger partial charge in [0.15, 0.2) is 5.78 Å². The molecule has 0 unspecified atom stereocenters. The molecular weight excluding hydrogens is 347 g/mol. The van der Waals surface area contributed by atoms with E-state index in [0.717, 1.165) is 39.3 Å². The van der Waals surface area contributed by atoms with Gasteiger partial charge in [-0.2, -0.15) is 0 Å². The van der Waals surface area contributed by atoms with Crippen LogP contribution in [0.4, 0.5) is 4.39 Å². The maximum atomic E-state index is 13.1. The molecule has 2 aromatic carbocycles. The smallest absolute Gasteiger partial charge is 0.252 e. The van der Waals surface area contributed by atoms with Crippen LogP contribution in [-0.2, 0) is 4.74 Å². The van der Waals surface area contributed by atoms with Crippen molar-refractivity contribution in [3.63, 3.8) is 0 Å². The largest absolute Gasteiger partial charge is 0.379 e. The maximum Gasteiger partial charge on any atom is 0.252 e. The zero-order valence-electron chi connectivity index (χ0n) is 15.1. The van der Waals surface area contributed by atoms with Crippen molar-refractivity contribution in [1.82, 2.24) is 10.2 Å². The Hall–Kier alpha value is -2.57. The molecular formula is C21H23FN2O3. The van der Waals surface area contributed by atoms with Crippen molar-refractivity contribution in [3.8, 4) is 0 Å². The molecule has 0 saturated carbocycles. The van der Waals surface area contributed by atoms with Crippen LogP contribution < -0.4 is 5.32 Å². The summed E-state index contributed by atoms with van der Waals surface area (Å²) in [7, 11) is 0. The topological polar surface area (TPSA) is 58.6 Å². The second-order valence-electron chi connectivity index (χ2n) is 6.45. The fourth-order valence-corrected chi connectivity index (χ4v) is 3.06. The van der Waals surface area contributed by atoms with Crippen molar-refractivity contribution >= 4 is 11.7 Å². The average Bonchev–Trinajstić information content (AvgIpc) is 2.72. The van der Waals surface area contributed by atoms with Gasteiger partial charge in [-0.15, -0.1) is 0 Å². The number of amides is 1. The van der Waals surface area contributed by atoms with Crippen LogP contribution in [0, 0.1) is 5.82 Å². The zero-order chi connectivity index (χ0) is 19.1. The molecule has 0 atom stereocenters. The Kier molecular flexibility index (Phi) is 6.68. The second-order valence-corrected chi connectivity index (χ2v) is 6.45. The molecule has 1 fully saturated rings. The molecule has 142 valence electrons. The van der Waals surface area contributed by atoms with E-state index in [9.17, 15) is 14.0 Å². The predicted molar refractivity (Wildman–Crippen MR) is 100 cm³/mol. The van der Waals surface area contributed by atoms with E-state index < -0.39 is 5.82 Å². The first kappa shape index (κ1) is 19.2. The van der Waals surface area contributed by atoms with E-state index in [1.807, 2.05) is 0 Å². The third-order valence-electron chi connectivity index (χ3n) is 4.56. The van der Waals surface area contributed by atoms with Crippen molar-refractivity contribution in [3.05, 3.63) is 71.0 Å². The number of carbonyl (C=O) groups excluding carboxylic acids is 2. The van der Waals surface area contributed by atoms with E-state index in [1.54, 1.807) is 24.3 Å². The molecule has 2 aromatic rings. The van der Waals surface area contributed by atoms with Gasteiger partial charge in [-0.25, -0.2) is 4.39 Å². The minimum absolute atomic E-state index is 0.275. The number of hydrogen-bond acceptors (Lipinski definition) is 4. The van der Waals surface area contributed by atoms with Gasteiger partial charge in [0, 0.05) is 30.8 Å². The quantitative estimate of drug-likeness (QED) is 0.601. The van der Waals surface area contributed by atoms with Gasteiger partial charge in [0.05, 0.1) is 18.8 Å². The van der Waals surface area contributed by atoms with Crippen LogP contribution in [0.25, 0.3) is 0 Å². The molecule has 1 N–H and O–H groups in total. The summed E-state index contributed by atoms with van der Waals surface area (Å²) in [5, 5.41) is 2.89. The molecule has 0 radical (unpaired) electrons. The Labute approximate surface area is 158 Å². The summed E-state index contributed by atoms with van der Waals surface area (Å²) in [6.45, 7) is 4.79. The standard InChI is InChI=1S/C21H23FN2O3/c22-17-8-6-16(7-9-17)20(25)18-4-1-2-5-19(18)21(26)23-10-3-11-24-12-14-27-15-13-24/h1-2,4-9H,3,10-15H2,(H,23,26). The van der Waals surface area contributed by atoms with Crippen molar-refractivity contribution < 1.29 is 18.7 Å². The summed E-state index contributed by atoms with van der Waals surface area (Å²) in [5.41, 5.74) is 0.997. The van der Waals surface area contributed by atoms with Crippen LogP contribution >= 0.6 is 0 Å². The molecule has 0 aliphatic carbocycles. The van der Waals surface area contributed by atoms with Gasteiger partial charge >= 0.3 is 0 Å². The summed E-state index contributed by atoms with van der Waals surface area (Å²) in [6.07, 6.45) is 0.833. The monoisotopic (exact) mass is 370 g/mol. The van der Waals surface area contributed by atoms with Gasteiger partial charge < -0.3 is 10.1 Å². The number of benzene rings is 2. The van der Waals surface area contributed by atoms with Gasteiger partial charge in [0.25, 0.3) is 5.91 Å². The van der Waals surface area contributed by atoms with Gasteiger partial charge in [-0.05, 0) is 43.3 Å². The minimum atomic E-state index is -0.405. The summed E-state index contributed by atoms with van der Waals surface area (Å²) in [5.74, 6) is -0.977. The first-order valence-corrected chi connectivity index (χ1v) is 9.13. The van der Waals surface area contributed by atoms with E-state index >= 15 is 0 Å². The number of ketones is 1. The molecule has 1 aliphatic rings. The lowest BCUT2D eigenvalue weighted by atomic mass is 9.98. The highest BCUT2D eigenvalue weighted by Crippen LogP contribution is 2.15. The van der Waals surface area contributed by atoms with Gasteiger partial charge in [0.1, 0.15) is 5.82 Å². The number of nitrogens with one attached hydrogen (secondary N) is 1. The molecule has 6 heteroatoms. The van der Waals surface area contributed by atoms with E-state index in [1.165, 1.54) is 24.3 Å². The number of halogens is 1. The highest BCUT2D eigenvalue weighted by molar-refractivity contribution is 6.15. The van der Waals surface area contributed by atoms with Crippen LogP contribution in [0.3, 0.4) is 0 Å². The number of rotatable bonds is 7. The van der Waals surface area contributed by atoms with Gasteiger partial charge in [0.2, 0.25) is 0 Å². The highest BCUT2D eigenvalue weighted by Gasteiger charge is 2.18. The molecule has 1 aliphatic heterocycles. The summed E-state index contributed by atoms with van der Waals surface area (Å²) < 4.78 is 18.4. The zero-order valence-corrected chi connectivity index (χ0v) is 15.1. The Bertz CT molecular complexity index is 786. The number of hydrogen-bond donors (Lipinski definition) is 1. The molecule has 0 bridgehead atoms. The molecule has 0 spiro atoms.